The van der Waals surface area contributed by atoms with E-state index in [2.05, 4.69) is 31.2 Å². The quantitative estimate of drug-likeness (QED) is 0.712. The van der Waals surface area contributed by atoms with Crippen molar-refractivity contribution in [1.29, 1.82) is 0 Å². The van der Waals surface area contributed by atoms with Crippen LogP contribution in [0.2, 0.25) is 0 Å². The molecule has 1 heteroatoms. The fourth-order valence-electron chi connectivity index (χ4n) is 1.80. The van der Waals surface area contributed by atoms with Crippen molar-refractivity contribution in [3.8, 4) is 11.1 Å². The molecule has 0 aliphatic heterocycles. The van der Waals surface area contributed by atoms with Gasteiger partial charge in [-0.1, -0.05) is 61.0 Å². The van der Waals surface area contributed by atoms with Gasteiger partial charge < -0.3 is 0 Å². The third-order valence-electron chi connectivity index (χ3n) is 2.91. The number of benzene rings is 2. The van der Waals surface area contributed by atoms with Gasteiger partial charge in [-0.15, -0.1) is 0 Å². The molecule has 2 aromatic rings. The van der Waals surface area contributed by atoms with E-state index < -0.39 is 0 Å². The van der Waals surface area contributed by atoms with Crippen LogP contribution in [-0.4, -0.2) is 5.78 Å². The van der Waals surface area contributed by atoms with Crippen molar-refractivity contribution in [2.24, 2.45) is 0 Å². The lowest BCUT2D eigenvalue weighted by Crippen LogP contribution is -1.95. The number of carbonyl (C=O) groups excluding carboxylic acids is 1. The zero-order chi connectivity index (χ0) is 12.3. The zero-order valence-corrected chi connectivity index (χ0v) is 10.2. The van der Waals surface area contributed by atoms with Crippen molar-refractivity contribution >= 4 is 5.78 Å². The van der Waals surface area contributed by atoms with E-state index in [-0.39, 0.29) is 5.78 Å². The molecule has 0 aliphatic rings. The first kappa shape index (κ1) is 11.6. The Bertz CT molecular complexity index is 506. The van der Waals surface area contributed by atoms with E-state index in [1.807, 2.05) is 31.2 Å². The summed E-state index contributed by atoms with van der Waals surface area (Å²) in [6.07, 6.45) is 0.559. The van der Waals surface area contributed by atoms with Crippen LogP contribution in [-0.2, 0) is 0 Å². The molecule has 0 aliphatic carbocycles. The third kappa shape index (κ3) is 2.62. The van der Waals surface area contributed by atoms with Gasteiger partial charge in [0.2, 0.25) is 0 Å². The van der Waals surface area contributed by atoms with Crippen molar-refractivity contribution in [2.75, 3.05) is 0 Å². The number of hydrogen-bond acceptors (Lipinski definition) is 1. The topological polar surface area (TPSA) is 17.1 Å². The average molecular weight is 224 g/mol. The molecular formula is C16H16O. The van der Waals surface area contributed by atoms with Gasteiger partial charge in [0.15, 0.2) is 5.78 Å². The molecule has 0 saturated carbocycles. The summed E-state index contributed by atoms with van der Waals surface area (Å²) in [7, 11) is 0. The SMILES string of the molecule is CCC(=O)c1ccc(-c2ccc(C)cc2)cc1. The lowest BCUT2D eigenvalue weighted by Gasteiger charge is -2.03. The average Bonchev–Trinajstić information content (AvgIpc) is 2.39. The Labute approximate surface area is 102 Å². The van der Waals surface area contributed by atoms with Crippen molar-refractivity contribution in [3.63, 3.8) is 0 Å². The lowest BCUT2D eigenvalue weighted by molar-refractivity contribution is 0.0988. The molecule has 0 fully saturated rings. The first-order valence-electron chi connectivity index (χ1n) is 5.91. The Morgan fingerprint density at radius 1 is 0.882 bits per heavy atom. The Hall–Kier alpha value is -1.89. The standard InChI is InChI=1S/C16H16O/c1-3-16(17)15-10-8-14(9-11-15)13-6-4-12(2)5-7-13/h4-11H,3H2,1-2H3. The van der Waals surface area contributed by atoms with Crippen LogP contribution in [0.15, 0.2) is 48.5 Å². The van der Waals surface area contributed by atoms with Crippen molar-refractivity contribution in [3.05, 3.63) is 59.7 Å². The van der Waals surface area contributed by atoms with Gasteiger partial charge in [-0.3, -0.25) is 4.79 Å². The molecule has 0 unspecified atom stereocenters. The van der Waals surface area contributed by atoms with Crippen LogP contribution in [0, 0.1) is 6.92 Å². The van der Waals surface area contributed by atoms with Gasteiger partial charge in [0.05, 0.1) is 0 Å². The Balaban J connectivity index is 2.29. The second-order valence-corrected chi connectivity index (χ2v) is 4.22. The summed E-state index contributed by atoms with van der Waals surface area (Å²) in [5.41, 5.74) is 4.39. The number of Topliss-reactive ketones (excluding diaryl/α,β-unsaturated/α-hetero) is 1. The summed E-state index contributed by atoms with van der Waals surface area (Å²) in [5, 5.41) is 0. The number of ketones is 1. The summed E-state index contributed by atoms with van der Waals surface area (Å²) in [4.78, 5) is 11.5. The minimum absolute atomic E-state index is 0.195. The molecule has 0 atom stereocenters. The monoisotopic (exact) mass is 224 g/mol. The van der Waals surface area contributed by atoms with E-state index in [0.29, 0.717) is 6.42 Å². The van der Waals surface area contributed by atoms with E-state index >= 15 is 0 Å². The highest BCUT2D eigenvalue weighted by Crippen LogP contribution is 2.20. The molecule has 0 bridgehead atoms. The van der Waals surface area contributed by atoms with E-state index in [0.717, 1.165) is 11.1 Å². The molecule has 0 heterocycles. The van der Waals surface area contributed by atoms with Gasteiger partial charge >= 0.3 is 0 Å². The lowest BCUT2D eigenvalue weighted by atomic mass is 10.0. The molecule has 17 heavy (non-hydrogen) atoms. The second kappa shape index (κ2) is 4.96. The minimum atomic E-state index is 0.195. The summed E-state index contributed by atoms with van der Waals surface area (Å²) in [6.45, 7) is 3.96. The molecule has 0 N–H and O–H groups in total. The smallest absolute Gasteiger partial charge is 0.162 e. The van der Waals surface area contributed by atoms with Gasteiger partial charge in [0, 0.05) is 12.0 Å². The second-order valence-electron chi connectivity index (χ2n) is 4.22. The maximum Gasteiger partial charge on any atom is 0.162 e. The molecule has 0 radical (unpaired) electrons. The predicted octanol–water partition coefficient (Wildman–Crippen LogP) is 4.25. The van der Waals surface area contributed by atoms with Crippen LogP contribution < -0.4 is 0 Å². The molecular weight excluding hydrogens is 208 g/mol. The van der Waals surface area contributed by atoms with Crippen LogP contribution in [0.3, 0.4) is 0 Å². The van der Waals surface area contributed by atoms with Crippen LogP contribution in [0.4, 0.5) is 0 Å². The number of carbonyl (C=O) groups is 1. The Morgan fingerprint density at radius 2 is 1.35 bits per heavy atom. The molecule has 0 aromatic heterocycles. The van der Waals surface area contributed by atoms with E-state index in [4.69, 9.17) is 0 Å². The maximum absolute atomic E-state index is 11.5. The number of hydrogen-bond donors (Lipinski definition) is 0. The predicted molar refractivity (Wildman–Crippen MR) is 71.2 cm³/mol. The highest BCUT2D eigenvalue weighted by atomic mass is 16.1. The van der Waals surface area contributed by atoms with Crippen molar-refractivity contribution in [1.82, 2.24) is 0 Å². The van der Waals surface area contributed by atoms with Gasteiger partial charge in [-0.25, -0.2) is 0 Å². The van der Waals surface area contributed by atoms with E-state index in [1.165, 1.54) is 11.1 Å². The van der Waals surface area contributed by atoms with Crippen molar-refractivity contribution in [2.45, 2.75) is 20.3 Å². The largest absolute Gasteiger partial charge is 0.294 e. The van der Waals surface area contributed by atoms with Crippen molar-refractivity contribution < 1.29 is 4.79 Å². The number of rotatable bonds is 3. The molecule has 0 spiro atoms. The normalized spacial score (nSPS) is 10.2. The molecule has 0 amide bonds. The third-order valence-corrected chi connectivity index (χ3v) is 2.91. The fourth-order valence-corrected chi connectivity index (χ4v) is 1.80. The van der Waals surface area contributed by atoms with Crippen LogP contribution >= 0.6 is 0 Å². The summed E-state index contributed by atoms with van der Waals surface area (Å²) in [5.74, 6) is 0.195. The summed E-state index contributed by atoms with van der Waals surface area (Å²) in [6, 6.07) is 16.2. The first-order valence-corrected chi connectivity index (χ1v) is 5.91. The van der Waals surface area contributed by atoms with Crippen LogP contribution in [0.5, 0.6) is 0 Å². The van der Waals surface area contributed by atoms with Gasteiger partial charge in [-0.05, 0) is 18.1 Å². The minimum Gasteiger partial charge on any atom is -0.294 e. The summed E-state index contributed by atoms with van der Waals surface area (Å²) >= 11 is 0. The zero-order valence-electron chi connectivity index (χ0n) is 10.2. The Morgan fingerprint density at radius 3 is 1.82 bits per heavy atom. The molecule has 2 aromatic carbocycles. The van der Waals surface area contributed by atoms with Gasteiger partial charge in [0.25, 0.3) is 0 Å². The fraction of sp³-hybridized carbons (Fsp3) is 0.188. The van der Waals surface area contributed by atoms with E-state index in [9.17, 15) is 4.79 Å². The maximum atomic E-state index is 11.5. The summed E-state index contributed by atoms with van der Waals surface area (Å²) < 4.78 is 0. The molecule has 2 rings (SSSR count). The van der Waals surface area contributed by atoms with Gasteiger partial charge in [-0.2, -0.15) is 0 Å². The Kier molecular flexibility index (Phi) is 3.38. The highest BCUT2D eigenvalue weighted by molar-refractivity contribution is 5.96. The first-order chi connectivity index (χ1) is 8.20. The van der Waals surface area contributed by atoms with Crippen LogP contribution in [0.25, 0.3) is 11.1 Å². The van der Waals surface area contributed by atoms with Crippen LogP contribution in [0.1, 0.15) is 29.3 Å². The molecule has 1 nitrogen and oxygen atoms in total. The van der Waals surface area contributed by atoms with E-state index in [1.54, 1.807) is 0 Å². The number of aryl methyl sites for hydroxylation is 1. The molecule has 86 valence electrons. The van der Waals surface area contributed by atoms with Gasteiger partial charge in [0.1, 0.15) is 0 Å². The molecule has 0 saturated heterocycles. The highest BCUT2D eigenvalue weighted by Gasteiger charge is 2.03.